The van der Waals surface area contributed by atoms with Crippen LogP contribution in [0.25, 0.3) is 11.1 Å². The van der Waals surface area contributed by atoms with Gasteiger partial charge in [0.1, 0.15) is 0 Å². The summed E-state index contributed by atoms with van der Waals surface area (Å²) in [5, 5.41) is 0. The van der Waals surface area contributed by atoms with E-state index in [1.54, 1.807) is 0 Å². The van der Waals surface area contributed by atoms with Crippen LogP contribution in [0.15, 0.2) is 72.8 Å². The zero-order chi connectivity index (χ0) is 27.4. The van der Waals surface area contributed by atoms with Gasteiger partial charge in [0.2, 0.25) is 0 Å². The van der Waals surface area contributed by atoms with Gasteiger partial charge < -0.3 is 4.74 Å². The molecule has 212 valence electrons. The molecular weight excluding hydrogens is 476 g/mol. The van der Waals surface area contributed by atoms with Crippen molar-refractivity contribution in [3.8, 4) is 0 Å². The summed E-state index contributed by atoms with van der Waals surface area (Å²) >= 11 is 0. The minimum absolute atomic E-state index is 0.0108. The van der Waals surface area contributed by atoms with E-state index in [4.69, 9.17) is 4.74 Å². The third-order valence-electron chi connectivity index (χ3n) is 8.04. The first kappa shape index (κ1) is 30.9. The van der Waals surface area contributed by atoms with Crippen molar-refractivity contribution in [3.63, 3.8) is 0 Å². The molecule has 39 heavy (non-hydrogen) atoms. The smallest absolute Gasteiger partial charge is 0.309 e. The van der Waals surface area contributed by atoms with Crippen LogP contribution in [0.3, 0.4) is 0 Å². The number of benzene rings is 2. The van der Waals surface area contributed by atoms with Crippen LogP contribution in [-0.4, -0.2) is 12.6 Å². The highest BCUT2D eigenvalue weighted by Crippen LogP contribution is 2.41. The summed E-state index contributed by atoms with van der Waals surface area (Å²) in [5.41, 5.74) is 5.17. The third kappa shape index (κ3) is 12.0. The Kier molecular flexibility index (Phi) is 15.4. The second-order valence-electron chi connectivity index (χ2n) is 11.2. The van der Waals surface area contributed by atoms with Gasteiger partial charge in [-0.15, -0.1) is 0 Å². The average Bonchev–Trinajstić information content (AvgIpc) is 2.99. The van der Waals surface area contributed by atoms with Gasteiger partial charge in [0, 0.05) is 0 Å². The van der Waals surface area contributed by atoms with Crippen LogP contribution < -0.4 is 0 Å². The molecule has 1 aliphatic carbocycles. The van der Waals surface area contributed by atoms with Crippen LogP contribution in [0.5, 0.6) is 0 Å². The first-order valence-electron chi connectivity index (χ1n) is 15.9. The fourth-order valence-corrected chi connectivity index (χ4v) is 5.67. The third-order valence-corrected chi connectivity index (χ3v) is 8.04. The minimum atomic E-state index is -0.0400. The quantitative estimate of drug-likeness (QED) is 0.103. The maximum atomic E-state index is 12.9. The SMILES string of the molecule is CCCCCCCCC=CCCCCCCCCOC(=O)C1CCC(c2ccccc2)=C(c2ccccc2)C1. The zero-order valence-corrected chi connectivity index (χ0v) is 24.5. The number of esters is 1. The summed E-state index contributed by atoms with van der Waals surface area (Å²) in [6.07, 6.45) is 25.4. The lowest BCUT2D eigenvalue weighted by Crippen LogP contribution is -2.22. The Labute approximate surface area is 239 Å². The molecule has 2 heteroatoms. The van der Waals surface area contributed by atoms with Gasteiger partial charge in [-0.2, -0.15) is 0 Å². The summed E-state index contributed by atoms with van der Waals surface area (Å²) < 4.78 is 5.76. The molecule has 0 radical (unpaired) electrons. The van der Waals surface area contributed by atoms with Crippen molar-refractivity contribution in [2.45, 2.75) is 116 Å². The van der Waals surface area contributed by atoms with E-state index in [2.05, 4.69) is 79.7 Å². The number of rotatable bonds is 19. The summed E-state index contributed by atoms with van der Waals surface area (Å²) in [6.45, 7) is 2.84. The van der Waals surface area contributed by atoms with Crippen LogP contribution in [0.4, 0.5) is 0 Å². The first-order chi connectivity index (χ1) is 19.3. The Bertz CT molecular complexity index is 973. The molecule has 1 unspecified atom stereocenters. The zero-order valence-electron chi connectivity index (χ0n) is 24.5. The Hall–Kier alpha value is -2.61. The van der Waals surface area contributed by atoms with Gasteiger partial charge in [0.05, 0.1) is 12.5 Å². The standard InChI is InChI=1S/C37H52O2/c1-2-3-4-5-6-7-8-9-10-11-12-13-14-15-16-23-30-39-37(38)34-28-29-35(32-24-19-17-20-25-32)36(31-34)33-26-21-18-22-27-33/h9-10,17-22,24-27,34H,2-8,11-16,23,28-31H2,1H3. The number of hydrogen-bond donors (Lipinski definition) is 0. The Morgan fingerprint density at radius 3 is 1.79 bits per heavy atom. The molecule has 0 heterocycles. The molecule has 0 spiro atoms. The van der Waals surface area contributed by atoms with Gasteiger partial charge >= 0.3 is 5.97 Å². The summed E-state index contributed by atoms with van der Waals surface area (Å²) in [7, 11) is 0. The van der Waals surface area contributed by atoms with Crippen LogP contribution in [0, 0.1) is 5.92 Å². The molecule has 1 aliphatic rings. The Morgan fingerprint density at radius 1 is 0.692 bits per heavy atom. The highest BCUT2D eigenvalue weighted by molar-refractivity contribution is 5.93. The van der Waals surface area contributed by atoms with Crippen molar-refractivity contribution in [1.82, 2.24) is 0 Å². The highest BCUT2D eigenvalue weighted by Gasteiger charge is 2.28. The number of allylic oxidation sites excluding steroid dienone is 4. The summed E-state index contributed by atoms with van der Waals surface area (Å²) in [6, 6.07) is 21.2. The van der Waals surface area contributed by atoms with Crippen molar-refractivity contribution in [1.29, 1.82) is 0 Å². The minimum Gasteiger partial charge on any atom is -0.465 e. The summed E-state index contributed by atoms with van der Waals surface area (Å²) in [5.74, 6) is -0.0509. The van der Waals surface area contributed by atoms with E-state index >= 15 is 0 Å². The van der Waals surface area contributed by atoms with Crippen LogP contribution in [0.2, 0.25) is 0 Å². The van der Waals surface area contributed by atoms with Gasteiger partial charge in [-0.05, 0) is 73.6 Å². The predicted octanol–water partition coefficient (Wildman–Crippen LogP) is 11.0. The maximum absolute atomic E-state index is 12.9. The molecule has 0 aliphatic heterocycles. The highest BCUT2D eigenvalue weighted by atomic mass is 16.5. The van der Waals surface area contributed by atoms with Gasteiger partial charge in [0.15, 0.2) is 0 Å². The molecule has 0 aromatic heterocycles. The number of hydrogen-bond acceptors (Lipinski definition) is 2. The maximum Gasteiger partial charge on any atom is 0.309 e. The fourth-order valence-electron chi connectivity index (χ4n) is 5.67. The van der Waals surface area contributed by atoms with Crippen LogP contribution in [-0.2, 0) is 9.53 Å². The topological polar surface area (TPSA) is 26.3 Å². The van der Waals surface area contributed by atoms with Crippen LogP contribution >= 0.6 is 0 Å². The molecular formula is C37H52O2. The molecule has 2 nitrogen and oxygen atoms in total. The lowest BCUT2D eigenvalue weighted by molar-refractivity contribution is -0.148. The number of carbonyl (C=O) groups excluding carboxylic acids is 1. The second kappa shape index (κ2) is 19.4. The number of unbranched alkanes of at least 4 members (excludes halogenated alkanes) is 12. The molecule has 0 N–H and O–H groups in total. The largest absolute Gasteiger partial charge is 0.465 e. The predicted molar refractivity (Wildman–Crippen MR) is 167 cm³/mol. The molecule has 2 aromatic carbocycles. The van der Waals surface area contributed by atoms with Crippen molar-refractivity contribution in [2.75, 3.05) is 6.61 Å². The van der Waals surface area contributed by atoms with Crippen molar-refractivity contribution in [3.05, 3.63) is 83.9 Å². The van der Waals surface area contributed by atoms with E-state index in [9.17, 15) is 4.79 Å². The second-order valence-corrected chi connectivity index (χ2v) is 11.2. The van der Waals surface area contributed by atoms with E-state index in [-0.39, 0.29) is 11.9 Å². The monoisotopic (exact) mass is 528 g/mol. The van der Waals surface area contributed by atoms with Gasteiger partial charge in [-0.25, -0.2) is 0 Å². The normalized spacial score (nSPS) is 15.7. The van der Waals surface area contributed by atoms with Gasteiger partial charge in [-0.3, -0.25) is 4.79 Å². The van der Waals surface area contributed by atoms with E-state index < -0.39 is 0 Å². The first-order valence-corrected chi connectivity index (χ1v) is 15.9. The molecule has 0 saturated carbocycles. The molecule has 0 amide bonds. The molecule has 3 rings (SSSR count). The number of carbonyl (C=O) groups is 1. The van der Waals surface area contributed by atoms with E-state index in [1.165, 1.54) is 99.3 Å². The van der Waals surface area contributed by atoms with Gasteiger partial charge in [-0.1, -0.05) is 138 Å². The molecule has 2 aromatic rings. The fraction of sp³-hybridized carbons (Fsp3) is 0.541. The number of ether oxygens (including phenoxy) is 1. The molecule has 0 saturated heterocycles. The van der Waals surface area contributed by atoms with Gasteiger partial charge in [0.25, 0.3) is 0 Å². The average molecular weight is 529 g/mol. The van der Waals surface area contributed by atoms with E-state index in [1.807, 2.05) is 0 Å². The lowest BCUT2D eigenvalue weighted by atomic mass is 9.78. The Morgan fingerprint density at radius 2 is 1.21 bits per heavy atom. The molecule has 1 atom stereocenters. The van der Waals surface area contributed by atoms with Crippen molar-refractivity contribution in [2.24, 2.45) is 5.92 Å². The lowest BCUT2D eigenvalue weighted by Gasteiger charge is -2.27. The molecule has 0 bridgehead atoms. The van der Waals surface area contributed by atoms with Crippen LogP contribution in [0.1, 0.15) is 127 Å². The summed E-state index contributed by atoms with van der Waals surface area (Å²) in [4.78, 5) is 12.9. The van der Waals surface area contributed by atoms with Crippen molar-refractivity contribution < 1.29 is 9.53 Å². The van der Waals surface area contributed by atoms with E-state index in [0.29, 0.717) is 6.61 Å². The molecule has 0 fully saturated rings. The Balaban J connectivity index is 1.26. The van der Waals surface area contributed by atoms with E-state index in [0.717, 1.165) is 32.1 Å². The van der Waals surface area contributed by atoms with Crippen molar-refractivity contribution >= 4 is 17.1 Å².